The number of sulfonamides is 1. The summed E-state index contributed by atoms with van der Waals surface area (Å²) in [6, 6.07) is 12.0. The minimum atomic E-state index is -3.62. The van der Waals surface area contributed by atoms with Crippen molar-refractivity contribution in [3.63, 3.8) is 0 Å². The van der Waals surface area contributed by atoms with E-state index in [-0.39, 0.29) is 18.0 Å². The number of benzene rings is 2. The van der Waals surface area contributed by atoms with Crippen molar-refractivity contribution in [2.45, 2.75) is 18.0 Å². The van der Waals surface area contributed by atoms with E-state index < -0.39 is 10.0 Å². The molecule has 0 aliphatic carbocycles. The predicted octanol–water partition coefficient (Wildman–Crippen LogP) is 3.04. The molecule has 0 amide bonds. The molecule has 4 nitrogen and oxygen atoms in total. The molecule has 2 aromatic rings. The Balaban J connectivity index is 2.20. The van der Waals surface area contributed by atoms with Crippen LogP contribution in [0.2, 0.25) is 5.02 Å². The van der Waals surface area contributed by atoms with Crippen LogP contribution in [0.1, 0.15) is 11.1 Å². The third-order valence-corrected chi connectivity index (χ3v) is 5.55. The van der Waals surface area contributed by atoms with Gasteiger partial charge in [-0.3, -0.25) is 0 Å². The van der Waals surface area contributed by atoms with Gasteiger partial charge < -0.3 is 5.73 Å². The second kappa shape index (κ2) is 6.89. The maximum Gasteiger partial charge on any atom is 0.242 e. The minimum absolute atomic E-state index is 0.180. The van der Waals surface area contributed by atoms with Crippen molar-refractivity contribution in [1.82, 2.24) is 4.72 Å². The minimum Gasteiger partial charge on any atom is -0.326 e. The normalized spacial score (nSPS) is 11.6. The second-order valence-electron chi connectivity index (χ2n) is 4.42. The van der Waals surface area contributed by atoms with E-state index in [0.717, 1.165) is 11.1 Å². The smallest absolute Gasteiger partial charge is 0.242 e. The first-order chi connectivity index (χ1) is 9.92. The summed E-state index contributed by atoms with van der Waals surface area (Å²) in [6.07, 6.45) is 0. The Morgan fingerprint density at radius 3 is 2.33 bits per heavy atom. The van der Waals surface area contributed by atoms with Crippen LogP contribution in [0.3, 0.4) is 0 Å². The molecule has 0 bridgehead atoms. The van der Waals surface area contributed by atoms with Crippen LogP contribution in [-0.2, 0) is 23.1 Å². The largest absolute Gasteiger partial charge is 0.326 e. The van der Waals surface area contributed by atoms with E-state index in [1.54, 1.807) is 42.5 Å². The fourth-order valence-corrected chi connectivity index (χ4v) is 3.89. The van der Waals surface area contributed by atoms with Crippen molar-refractivity contribution in [3.8, 4) is 0 Å². The van der Waals surface area contributed by atoms with Crippen molar-refractivity contribution in [2.75, 3.05) is 0 Å². The fourth-order valence-electron chi connectivity index (χ4n) is 1.74. The van der Waals surface area contributed by atoms with Crippen molar-refractivity contribution < 1.29 is 8.42 Å². The summed E-state index contributed by atoms with van der Waals surface area (Å²) in [5, 5.41) is 0.611. The van der Waals surface area contributed by atoms with Crippen LogP contribution in [0, 0.1) is 0 Å². The lowest BCUT2D eigenvalue weighted by atomic mass is 10.2. The van der Waals surface area contributed by atoms with E-state index in [0.29, 0.717) is 9.50 Å². The Hall–Kier alpha value is -0.920. The van der Waals surface area contributed by atoms with Crippen LogP contribution in [0.15, 0.2) is 51.8 Å². The number of hydrogen-bond donors (Lipinski definition) is 2. The molecule has 0 radical (unpaired) electrons. The van der Waals surface area contributed by atoms with Gasteiger partial charge in [0.05, 0.1) is 4.90 Å². The number of hydrogen-bond acceptors (Lipinski definition) is 3. The van der Waals surface area contributed by atoms with Crippen LogP contribution in [0.25, 0.3) is 0 Å². The summed E-state index contributed by atoms with van der Waals surface area (Å²) in [6.45, 7) is 0.478. The molecule has 2 aromatic carbocycles. The molecule has 112 valence electrons. The van der Waals surface area contributed by atoms with E-state index in [1.165, 1.54) is 0 Å². The summed E-state index contributed by atoms with van der Waals surface area (Å²) in [4.78, 5) is 0.180. The molecule has 0 fully saturated rings. The zero-order chi connectivity index (χ0) is 15.5. The van der Waals surface area contributed by atoms with Crippen LogP contribution < -0.4 is 10.5 Å². The third kappa shape index (κ3) is 4.28. The summed E-state index contributed by atoms with van der Waals surface area (Å²) in [5.41, 5.74) is 7.13. The lowest BCUT2D eigenvalue weighted by Gasteiger charge is -2.10. The highest BCUT2D eigenvalue weighted by molar-refractivity contribution is 9.10. The van der Waals surface area contributed by atoms with Gasteiger partial charge in [-0.25, -0.2) is 13.1 Å². The van der Waals surface area contributed by atoms with Gasteiger partial charge in [0.15, 0.2) is 0 Å². The van der Waals surface area contributed by atoms with Gasteiger partial charge in [0.1, 0.15) is 0 Å². The van der Waals surface area contributed by atoms with E-state index in [2.05, 4.69) is 20.7 Å². The number of nitrogens with one attached hydrogen (secondary N) is 1. The lowest BCUT2D eigenvalue weighted by Crippen LogP contribution is -2.23. The summed E-state index contributed by atoms with van der Waals surface area (Å²) in [5.74, 6) is 0. The SMILES string of the molecule is NCc1ccc(Br)c(S(=O)(=O)NCc2ccc(Cl)cc2)c1. The number of rotatable bonds is 5. The third-order valence-electron chi connectivity index (χ3n) is 2.90. The Morgan fingerprint density at radius 1 is 1.10 bits per heavy atom. The highest BCUT2D eigenvalue weighted by Gasteiger charge is 2.17. The molecule has 0 heterocycles. The molecule has 2 rings (SSSR count). The molecular weight excluding hydrogens is 376 g/mol. The van der Waals surface area contributed by atoms with Crippen LogP contribution in [0.4, 0.5) is 0 Å². The first-order valence-electron chi connectivity index (χ1n) is 6.15. The van der Waals surface area contributed by atoms with E-state index in [1.807, 2.05) is 0 Å². The first kappa shape index (κ1) is 16.5. The van der Waals surface area contributed by atoms with E-state index >= 15 is 0 Å². The van der Waals surface area contributed by atoms with Gasteiger partial charge in [-0.1, -0.05) is 29.8 Å². The zero-order valence-corrected chi connectivity index (χ0v) is 14.2. The molecule has 3 N–H and O–H groups in total. The maximum atomic E-state index is 12.4. The lowest BCUT2D eigenvalue weighted by molar-refractivity contribution is 0.580. The average molecular weight is 390 g/mol. The van der Waals surface area contributed by atoms with Crippen molar-refractivity contribution in [3.05, 3.63) is 63.1 Å². The quantitative estimate of drug-likeness (QED) is 0.825. The highest BCUT2D eigenvalue weighted by atomic mass is 79.9. The molecule has 0 saturated heterocycles. The Kier molecular flexibility index (Phi) is 5.40. The first-order valence-corrected chi connectivity index (χ1v) is 8.80. The summed E-state index contributed by atoms with van der Waals surface area (Å²) in [7, 11) is -3.62. The standard InChI is InChI=1S/C14H14BrClN2O2S/c15-13-6-3-11(8-17)7-14(13)21(19,20)18-9-10-1-4-12(16)5-2-10/h1-7,18H,8-9,17H2. The average Bonchev–Trinajstić information content (AvgIpc) is 2.47. The Morgan fingerprint density at radius 2 is 1.71 bits per heavy atom. The second-order valence-corrected chi connectivity index (χ2v) is 7.45. The number of halogens is 2. The van der Waals surface area contributed by atoms with Gasteiger partial charge in [-0.05, 0) is 51.3 Å². The van der Waals surface area contributed by atoms with Crippen molar-refractivity contribution >= 4 is 37.6 Å². The molecule has 0 unspecified atom stereocenters. The van der Waals surface area contributed by atoms with Gasteiger partial charge >= 0.3 is 0 Å². The molecule has 7 heteroatoms. The zero-order valence-electron chi connectivity index (χ0n) is 11.0. The molecule has 21 heavy (non-hydrogen) atoms. The summed E-state index contributed by atoms with van der Waals surface area (Å²) < 4.78 is 27.8. The van der Waals surface area contributed by atoms with Crippen LogP contribution in [-0.4, -0.2) is 8.42 Å². The van der Waals surface area contributed by atoms with Crippen molar-refractivity contribution in [2.24, 2.45) is 5.73 Å². The van der Waals surface area contributed by atoms with Crippen molar-refractivity contribution in [1.29, 1.82) is 0 Å². The molecule has 0 spiro atoms. The van der Waals surface area contributed by atoms with Gasteiger partial charge in [-0.15, -0.1) is 0 Å². The van der Waals surface area contributed by atoms with Gasteiger partial charge in [0.2, 0.25) is 10.0 Å². The van der Waals surface area contributed by atoms with Crippen LogP contribution in [0.5, 0.6) is 0 Å². The van der Waals surface area contributed by atoms with E-state index in [4.69, 9.17) is 17.3 Å². The monoisotopic (exact) mass is 388 g/mol. The predicted molar refractivity (Wildman–Crippen MR) is 87.5 cm³/mol. The Bertz CT molecular complexity index is 733. The molecule has 0 aliphatic rings. The highest BCUT2D eigenvalue weighted by Crippen LogP contribution is 2.23. The van der Waals surface area contributed by atoms with Gasteiger partial charge in [0, 0.05) is 22.6 Å². The molecule has 0 aliphatic heterocycles. The molecule has 0 aromatic heterocycles. The Labute approximate surface area is 137 Å². The van der Waals surface area contributed by atoms with Gasteiger partial charge in [-0.2, -0.15) is 0 Å². The molecule has 0 saturated carbocycles. The topological polar surface area (TPSA) is 72.2 Å². The maximum absolute atomic E-state index is 12.4. The fraction of sp³-hybridized carbons (Fsp3) is 0.143. The van der Waals surface area contributed by atoms with Crippen LogP contribution >= 0.6 is 27.5 Å². The van der Waals surface area contributed by atoms with E-state index in [9.17, 15) is 8.42 Å². The molecule has 0 atom stereocenters. The molecular formula is C14H14BrClN2O2S. The summed E-state index contributed by atoms with van der Waals surface area (Å²) >= 11 is 9.05. The number of nitrogens with two attached hydrogens (primary N) is 1. The van der Waals surface area contributed by atoms with Gasteiger partial charge in [0.25, 0.3) is 0 Å².